The predicted octanol–water partition coefficient (Wildman–Crippen LogP) is 4.07. The lowest BCUT2D eigenvalue weighted by molar-refractivity contribution is 0.102. The highest BCUT2D eigenvalue weighted by Gasteiger charge is 2.13. The number of rotatable bonds is 5. The number of aryl methyl sites for hydroxylation is 1. The Morgan fingerprint density at radius 1 is 0.963 bits per heavy atom. The van der Waals surface area contributed by atoms with Crippen molar-refractivity contribution in [3.8, 4) is 0 Å². The number of hydrogen-bond donors (Lipinski definition) is 2. The number of hydrogen-bond acceptors (Lipinski definition) is 4. The van der Waals surface area contributed by atoms with E-state index in [0.717, 1.165) is 12.1 Å². The van der Waals surface area contributed by atoms with E-state index in [1.165, 1.54) is 18.2 Å². The highest BCUT2D eigenvalue weighted by molar-refractivity contribution is 6.03. The van der Waals surface area contributed by atoms with Crippen molar-refractivity contribution < 1.29 is 18.0 Å². The molecule has 0 saturated heterocycles. The molecule has 0 aliphatic rings. The quantitative estimate of drug-likeness (QED) is 0.709. The van der Waals surface area contributed by atoms with Crippen molar-refractivity contribution in [2.75, 3.05) is 10.6 Å². The van der Waals surface area contributed by atoms with Gasteiger partial charge in [0.15, 0.2) is 11.6 Å². The Morgan fingerprint density at radius 2 is 1.74 bits per heavy atom. The third kappa shape index (κ3) is 4.60. The van der Waals surface area contributed by atoms with Crippen LogP contribution in [-0.4, -0.2) is 15.9 Å². The number of benzene rings is 2. The first-order valence-electron chi connectivity index (χ1n) is 8.02. The Bertz CT molecular complexity index is 994. The molecule has 2 aromatic carbocycles. The number of carbonyl (C=O) groups excluding carboxylic acids is 1. The molecule has 0 unspecified atom stereocenters. The van der Waals surface area contributed by atoms with Crippen LogP contribution in [0.15, 0.2) is 48.5 Å². The molecular weight excluding hydrogens is 357 g/mol. The number of nitrogens with one attached hydrogen (secondary N) is 2. The van der Waals surface area contributed by atoms with Gasteiger partial charge in [-0.2, -0.15) is 0 Å². The molecule has 0 radical (unpaired) electrons. The summed E-state index contributed by atoms with van der Waals surface area (Å²) in [6.07, 6.45) is 0. The minimum atomic E-state index is -1.07. The highest BCUT2D eigenvalue weighted by atomic mass is 19.2. The molecule has 138 valence electrons. The zero-order chi connectivity index (χ0) is 19.4. The van der Waals surface area contributed by atoms with E-state index in [1.54, 1.807) is 25.1 Å². The first-order valence-corrected chi connectivity index (χ1v) is 8.02. The summed E-state index contributed by atoms with van der Waals surface area (Å²) < 4.78 is 39.9. The first-order chi connectivity index (χ1) is 12.9. The molecule has 2 N–H and O–H groups in total. The van der Waals surface area contributed by atoms with Crippen LogP contribution in [0.5, 0.6) is 0 Å². The second kappa shape index (κ2) is 7.86. The third-order valence-electron chi connectivity index (χ3n) is 3.66. The molecule has 1 amide bonds. The number of halogens is 3. The topological polar surface area (TPSA) is 66.9 Å². The van der Waals surface area contributed by atoms with Crippen molar-refractivity contribution in [1.29, 1.82) is 0 Å². The first kappa shape index (κ1) is 18.4. The van der Waals surface area contributed by atoms with Gasteiger partial charge in [0.1, 0.15) is 11.5 Å². The SMILES string of the molecule is Cc1cc(C(=O)Nc2ccc(F)c(F)c2)nc(NCc2ccccc2F)n1. The van der Waals surface area contributed by atoms with E-state index < -0.39 is 17.5 Å². The van der Waals surface area contributed by atoms with Gasteiger partial charge in [-0.05, 0) is 31.2 Å². The molecule has 27 heavy (non-hydrogen) atoms. The van der Waals surface area contributed by atoms with E-state index in [4.69, 9.17) is 0 Å². The van der Waals surface area contributed by atoms with Gasteiger partial charge in [0.25, 0.3) is 5.91 Å². The average Bonchev–Trinajstić information content (AvgIpc) is 2.63. The van der Waals surface area contributed by atoms with Gasteiger partial charge in [0.05, 0.1) is 0 Å². The van der Waals surface area contributed by atoms with Crippen LogP contribution < -0.4 is 10.6 Å². The number of anilines is 2. The Kier molecular flexibility index (Phi) is 5.35. The van der Waals surface area contributed by atoms with Crippen molar-refractivity contribution in [2.24, 2.45) is 0 Å². The van der Waals surface area contributed by atoms with Crippen molar-refractivity contribution in [1.82, 2.24) is 9.97 Å². The monoisotopic (exact) mass is 372 g/mol. The Balaban J connectivity index is 1.75. The van der Waals surface area contributed by atoms with Crippen LogP contribution >= 0.6 is 0 Å². The van der Waals surface area contributed by atoms with E-state index in [9.17, 15) is 18.0 Å². The zero-order valence-corrected chi connectivity index (χ0v) is 14.3. The predicted molar refractivity (Wildman–Crippen MR) is 94.8 cm³/mol. The maximum atomic E-state index is 13.7. The van der Waals surface area contributed by atoms with Crippen molar-refractivity contribution in [2.45, 2.75) is 13.5 Å². The molecule has 8 heteroatoms. The third-order valence-corrected chi connectivity index (χ3v) is 3.66. The fraction of sp³-hybridized carbons (Fsp3) is 0.105. The fourth-order valence-corrected chi connectivity index (χ4v) is 2.35. The summed E-state index contributed by atoms with van der Waals surface area (Å²) in [5, 5.41) is 5.31. The molecule has 1 aromatic heterocycles. The van der Waals surface area contributed by atoms with E-state index >= 15 is 0 Å². The highest BCUT2D eigenvalue weighted by Crippen LogP contribution is 2.15. The molecule has 0 atom stereocenters. The number of nitrogens with zero attached hydrogens (tertiary/aromatic N) is 2. The van der Waals surface area contributed by atoms with Crippen LogP contribution in [0.2, 0.25) is 0 Å². The summed E-state index contributed by atoms with van der Waals surface area (Å²) in [4.78, 5) is 20.6. The minimum Gasteiger partial charge on any atom is -0.350 e. The number of carbonyl (C=O) groups is 1. The van der Waals surface area contributed by atoms with Gasteiger partial charge in [-0.25, -0.2) is 23.1 Å². The molecule has 5 nitrogen and oxygen atoms in total. The molecule has 0 fully saturated rings. The molecule has 0 saturated carbocycles. The van der Waals surface area contributed by atoms with Crippen molar-refractivity contribution in [3.05, 3.63) is 82.9 Å². The fourth-order valence-electron chi connectivity index (χ4n) is 2.35. The summed E-state index contributed by atoms with van der Waals surface area (Å²) in [5.41, 5.74) is 1.06. The average molecular weight is 372 g/mol. The maximum Gasteiger partial charge on any atom is 0.274 e. The Labute approximate surface area is 153 Å². The molecule has 1 heterocycles. The summed E-state index contributed by atoms with van der Waals surface area (Å²) in [6.45, 7) is 1.81. The molecule has 0 bridgehead atoms. The van der Waals surface area contributed by atoms with E-state index in [1.807, 2.05) is 0 Å². The molecule has 3 rings (SSSR count). The van der Waals surface area contributed by atoms with Gasteiger partial charge >= 0.3 is 0 Å². The Hall–Kier alpha value is -3.42. The second-order valence-electron chi connectivity index (χ2n) is 5.75. The van der Waals surface area contributed by atoms with E-state index in [-0.39, 0.29) is 29.7 Å². The summed E-state index contributed by atoms with van der Waals surface area (Å²) in [5.74, 6) is -2.91. The lowest BCUT2D eigenvalue weighted by Crippen LogP contribution is -2.16. The number of aromatic nitrogens is 2. The van der Waals surface area contributed by atoms with E-state index in [0.29, 0.717) is 11.3 Å². The molecular formula is C19H15F3N4O. The van der Waals surface area contributed by atoms with E-state index in [2.05, 4.69) is 20.6 Å². The molecule has 0 aliphatic heterocycles. The molecule has 0 aliphatic carbocycles. The second-order valence-corrected chi connectivity index (χ2v) is 5.75. The lowest BCUT2D eigenvalue weighted by Gasteiger charge is -2.09. The summed E-state index contributed by atoms with van der Waals surface area (Å²) in [6, 6.07) is 10.7. The zero-order valence-electron chi connectivity index (χ0n) is 14.3. The van der Waals surface area contributed by atoms with Crippen LogP contribution in [0.25, 0.3) is 0 Å². The van der Waals surface area contributed by atoms with Crippen LogP contribution in [0.4, 0.5) is 24.8 Å². The number of amides is 1. The van der Waals surface area contributed by atoms with Crippen LogP contribution in [0.1, 0.15) is 21.7 Å². The normalized spacial score (nSPS) is 10.5. The molecule has 0 spiro atoms. The molecule has 3 aromatic rings. The Morgan fingerprint density at radius 3 is 2.48 bits per heavy atom. The lowest BCUT2D eigenvalue weighted by atomic mass is 10.2. The van der Waals surface area contributed by atoms with Crippen LogP contribution in [0, 0.1) is 24.4 Å². The summed E-state index contributed by atoms with van der Waals surface area (Å²) in [7, 11) is 0. The maximum absolute atomic E-state index is 13.7. The van der Waals surface area contributed by atoms with Crippen molar-refractivity contribution >= 4 is 17.5 Å². The van der Waals surface area contributed by atoms with Gasteiger partial charge in [0.2, 0.25) is 5.95 Å². The standard InChI is InChI=1S/C19H15F3N4O/c1-11-8-17(18(27)25-13-6-7-15(21)16(22)9-13)26-19(24-11)23-10-12-4-2-3-5-14(12)20/h2-9H,10H2,1H3,(H,25,27)(H,23,24,26). The minimum absolute atomic E-state index is 0.0308. The van der Waals surface area contributed by atoms with Gasteiger partial charge in [0, 0.05) is 29.6 Å². The van der Waals surface area contributed by atoms with Gasteiger partial charge in [-0.1, -0.05) is 18.2 Å². The summed E-state index contributed by atoms with van der Waals surface area (Å²) >= 11 is 0. The van der Waals surface area contributed by atoms with Crippen LogP contribution in [-0.2, 0) is 6.54 Å². The van der Waals surface area contributed by atoms with Crippen molar-refractivity contribution in [3.63, 3.8) is 0 Å². The van der Waals surface area contributed by atoms with Gasteiger partial charge < -0.3 is 10.6 Å². The van der Waals surface area contributed by atoms with Crippen LogP contribution in [0.3, 0.4) is 0 Å². The smallest absolute Gasteiger partial charge is 0.274 e. The van der Waals surface area contributed by atoms with Gasteiger partial charge in [-0.15, -0.1) is 0 Å². The largest absolute Gasteiger partial charge is 0.350 e. The van der Waals surface area contributed by atoms with Gasteiger partial charge in [-0.3, -0.25) is 4.79 Å².